The fourth-order valence-corrected chi connectivity index (χ4v) is 2.73. The Bertz CT molecular complexity index is 587. The van der Waals surface area contributed by atoms with E-state index >= 15 is 0 Å². The lowest BCUT2D eigenvalue weighted by Gasteiger charge is -2.20. The van der Waals surface area contributed by atoms with Gasteiger partial charge in [-0.25, -0.2) is 4.39 Å². The van der Waals surface area contributed by atoms with Crippen LogP contribution in [0.25, 0.3) is 0 Å². The lowest BCUT2D eigenvalue weighted by molar-refractivity contribution is 0.421. The van der Waals surface area contributed by atoms with E-state index in [9.17, 15) is 4.39 Å². The molecule has 2 aromatic rings. The van der Waals surface area contributed by atoms with Gasteiger partial charge in [0.1, 0.15) is 5.82 Å². The smallest absolute Gasteiger partial charge is 0.123 e. The molecule has 1 aromatic carbocycles. The molecule has 0 spiro atoms. The summed E-state index contributed by atoms with van der Waals surface area (Å²) < 4.78 is 15.3. The van der Waals surface area contributed by atoms with E-state index in [0.29, 0.717) is 12.0 Å². The molecule has 3 heteroatoms. The van der Waals surface area contributed by atoms with E-state index in [1.807, 2.05) is 13.0 Å². The Balaban J connectivity index is 2.15. The summed E-state index contributed by atoms with van der Waals surface area (Å²) in [5.74, 6) is 0.379. The van der Waals surface area contributed by atoms with Gasteiger partial charge in [-0.1, -0.05) is 26.8 Å². The molecule has 0 aliphatic heterocycles. The van der Waals surface area contributed by atoms with Crippen molar-refractivity contribution in [3.8, 4) is 0 Å². The summed E-state index contributed by atoms with van der Waals surface area (Å²) >= 11 is 0. The largest absolute Gasteiger partial charge is 0.350 e. The summed E-state index contributed by atoms with van der Waals surface area (Å²) in [5.41, 5.74) is 3.46. The van der Waals surface area contributed by atoms with Crippen LogP contribution in [0.2, 0.25) is 0 Å². The zero-order chi connectivity index (χ0) is 15.4. The van der Waals surface area contributed by atoms with Gasteiger partial charge in [0.05, 0.1) is 0 Å². The molecule has 0 amide bonds. The Morgan fingerprint density at radius 3 is 2.62 bits per heavy atom. The molecule has 0 saturated heterocycles. The fourth-order valence-electron chi connectivity index (χ4n) is 2.73. The number of rotatable bonds is 6. The van der Waals surface area contributed by atoms with Gasteiger partial charge in [0.2, 0.25) is 0 Å². The average molecular weight is 288 g/mol. The molecular weight excluding hydrogens is 263 g/mol. The Morgan fingerprint density at radius 1 is 1.24 bits per heavy atom. The maximum atomic E-state index is 13.2. The molecule has 0 fully saturated rings. The van der Waals surface area contributed by atoms with Crippen molar-refractivity contribution in [3.05, 3.63) is 59.2 Å². The SMILES string of the molecule is CCNC(c1ccn(Cc2ccc(F)cc2C)c1)C(C)C. The number of hydrogen-bond acceptors (Lipinski definition) is 1. The molecular formula is C18H25FN2. The zero-order valence-corrected chi connectivity index (χ0v) is 13.4. The number of aryl methyl sites for hydroxylation is 1. The van der Waals surface area contributed by atoms with Crippen LogP contribution in [-0.2, 0) is 6.54 Å². The van der Waals surface area contributed by atoms with Gasteiger partial charge >= 0.3 is 0 Å². The summed E-state index contributed by atoms with van der Waals surface area (Å²) in [7, 11) is 0. The van der Waals surface area contributed by atoms with E-state index in [1.165, 1.54) is 11.6 Å². The second-order valence-corrected chi connectivity index (χ2v) is 5.97. The van der Waals surface area contributed by atoms with Gasteiger partial charge in [0.15, 0.2) is 0 Å². The number of nitrogens with zero attached hydrogens (tertiary/aromatic N) is 1. The second kappa shape index (κ2) is 6.90. The van der Waals surface area contributed by atoms with Gasteiger partial charge in [-0.05, 0) is 54.3 Å². The zero-order valence-electron chi connectivity index (χ0n) is 13.4. The monoisotopic (exact) mass is 288 g/mol. The molecule has 1 atom stereocenters. The van der Waals surface area contributed by atoms with Gasteiger partial charge in [-0.3, -0.25) is 0 Å². The summed E-state index contributed by atoms with van der Waals surface area (Å²) in [4.78, 5) is 0. The van der Waals surface area contributed by atoms with Crippen LogP contribution in [0, 0.1) is 18.7 Å². The second-order valence-electron chi connectivity index (χ2n) is 5.97. The third-order valence-corrected chi connectivity index (χ3v) is 3.88. The molecule has 21 heavy (non-hydrogen) atoms. The van der Waals surface area contributed by atoms with E-state index in [0.717, 1.165) is 24.2 Å². The lowest BCUT2D eigenvalue weighted by Crippen LogP contribution is -2.25. The van der Waals surface area contributed by atoms with Crippen molar-refractivity contribution < 1.29 is 4.39 Å². The summed E-state index contributed by atoms with van der Waals surface area (Å²) in [6.45, 7) is 10.3. The summed E-state index contributed by atoms with van der Waals surface area (Å²) in [6.07, 6.45) is 4.29. The highest BCUT2D eigenvalue weighted by molar-refractivity contribution is 5.27. The Morgan fingerprint density at radius 2 is 2.00 bits per heavy atom. The lowest BCUT2D eigenvalue weighted by atomic mass is 9.98. The van der Waals surface area contributed by atoms with E-state index in [-0.39, 0.29) is 5.82 Å². The van der Waals surface area contributed by atoms with E-state index in [4.69, 9.17) is 0 Å². The summed E-state index contributed by atoms with van der Waals surface area (Å²) in [6, 6.07) is 7.55. The Labute approximate surface area is 127 Å². The van der Waals surface area contributed by atoms with Crippen molar-refractivity contribution in [1.29, 1.82) is 0 Å². The van der Waals surface area contributed by atoms with Crippen LogP contribution in [0.3, 0.4) is 0 Å². The molecule has 0 aliphatic rings. The number of hydrogen-bond donors (Lipinski definition) is 1. The molecule has 0 saturated carbocycles. The number of nitrogens with one attached hydrogen (secondary N) is 1. The Hall–Kier alpha value is -1.61. The van der Waals surface area contributed by atoms with Crippen molar-refractivity contribution in [1.82, 2.24) is 9.88 Å². The van der Waals surface area contributed by atoms with Crippen molar-refractivity contribution >= 4 is 0 Å². The van der Waals surface area contributed by atoms with Crippen LogP contribution in [0.4, 0.5) is 4.39 Å². The van der Waals surface area contributed by atoms with Gasteiger partial charge in [-0.2, -0.15) is 0 Å². The van der Waals surface area contributed by atoms with E-state index in [1.54, 1.807) is 6.07 Å². The molecule has 0 bridgehead atoms. The maximum absolute atomic E-state index is 13.2. The van der Waals surface area contributed by atoms with E-state index in [2.05, 4.69) is 49.1 Å². The van der Waals surface area contributed by atoms with Crippen LogP contribution < -0.4 is 5.32 Å². The average Bonchev–Trinajstić information content (AvgIpc) is 2.87. The highest BCUT2D eigenvalue weighted by Crippen LogP contribution is 2.22. The quantitative estimate of drug-likeness (QED) is 0.839. The molecule has 2 nitrogen and oxygen atoms in total. The molecule has 2 rings (SSSR count). The normalized spacial score (nSPS) is 12.9. The van der Waals surface area contributed by atoms with Crippen LogP contribution >= 0.6 is 0 Å². The topological polar surface area (TPSA) is 17.0 Å². The number of halogens is 1. The highest BCUT2D eigenvalue weighted by Gasteiger charge is 2.15. The molecule has 1 heterocycles. The van der Waals surface area contributed by atoms with Crippen molar-refractivity contribution in [3.63, 3.8) is 0 Å². The molecule has 0 radical (unpaired) electrons. The van der Waals surface area contributed by atoms with E-state index < -0.39 is 0 Å². The maximum Gasteiger partial charge on any atom is 0.123 e. The van der Waals surface area contributed by atoms with Crippen LogP contribution in [0.1, 0.15) is 43.5 Å². The van der Waals surface area contributed by atoms with Crippen LogP contribution in [0.15, 0.2) is 36.7 Å². The minimum atomic E-state index is -0.170. The first-order valence-corrected chi connectivity index (χ1v) is 7.65. The van der Waals surface area contributed by atoms with Crippen LogP contribution in [-0.4, -0.2) is 11.1 Å². The van der Waals surface area contributed by atoms with Gasteiger partial charge < -0.3 is 9.88 Å². The molecule has 0 aliphatic carbocycles. The number of aromatic nitrogens is 1. The number of benzene rings is 1. The van der Waals surface area contributed by atoms with Crippen molar-refractivity contribution in [2.24, 2.45) is 5.92 Å². The first-order valence-electron chi connectivity index (χ1n) is 7.65. The first kappa shape index (κ1) is 15.8. The van der Waals surface area contributed by atoms with Gasteiger partial charge in [0, 0.05) is 25.0 Å². The fraction of sp³-hybridized carbons (Fsp3) is 0.444. The third-order valence-electron chi connectivity index (χ3n) is 3.88. The predicted molar refractivity (Wildman–Crippen MR) is 85.9 cm³/mol. The van der Waals surface area contributed by atoms with Crippen LogP contribution in [0.5, 0.6) is 0 Å². The third kappa shape index (κ3) is 3.94. The first-order chi connectivity index (χ1) is 10.0. The predicted octanol–water partition coefficient (Wildman–Crippen LogP) is 4.29. The van der Waals surface area contributed by atoms with Gasteiger partial charge in [-0.15, -0.1) is 0 Å². The summed E-state index contributed by atoms with van der Waals surface area (Å²) in [5, 5.41) is 3.53. The van der Waals surface area contributed by atoms with Crippen molar-refractivity contribution in [2.45, 2.75) is 40.3 Å². The Kier molecular flexibility index (Phi) is 5.18. The van der Waals surface area contributed by atoms with Gasteiger partial charge in [0.25, 0.3) is 0 Å². The van der Waals surface area contributed by atoms with Crippen molar-refractivity contribution in [2.75, 3.05) is 6.54 Å². The standard InChI is InChI=1S/C18H25FN2/c1-5-20-18(13(2)3)16-8-9-21(12-16)11-15-6-7-17(19)10-14(15)4/h6-10,12-13,18,20H,5,11H2,1-4H3. The minimum Gasteiger partial charge on any atom is -0.350 e. The minimum absolute atomic E-state index is 0.170. The highest BCUT2D eigenvalue weighted by atomic mass is 19.1. The molecule has 1 N–H and O–H groups in total. The molecule has 1 unspecified atom stereocenters. The molecule has 114 valence electrons. The molecule has 1 aromatic heterocycles.